The number of benzene rings is 1. The number of quaternary nitrogens is 2. The first-order valence-corrected chi connectivity index (χ1v) is 9.97. The third-order valence-corrected chi connectivity index (χ3v) is 5.30. The highest BCUT2D eigenvalue weighted by Crippen LogP contribution is 2.06. The molecule has 0 saturated carbocycles. The average molecular weight is 378 g/mol. The van der Waals surface area contributed by atoms with Gasteiger partial charge >= 0.3 is 5.97 Å². The van der Waals surface area contributed by atoms with Crippen LogP contribution in [-0.2, 0) is 20.9 Å². The highest BCUT2D eigenvalue weighted by atomic mass is 16.5. The second-order valence-corrected chi connectivity index (χ2v) is 8.05. The monoisotopic (exact) mass is 377 g/mol. The van der Waals surface area contributed by atoms with E-state index in [1.165, 1.54) is 23.1 Å². The molecule has 3 N–H and O–H groups in total. The summed E-state index contributed by atoms with van der Waals surface area (Å²) in [6.07, 6.45) is 0.599. The molecular weight excluding hydrogens is 342 g/mol. The number of ether oxygens (including phenoxy) is 1. The molecule has 27 heavy (non-hydrogen) atoms. The molecule has 1 heterocycles. The average Bonchev–Trinajstić information content (AvgIpc) is 2.63. The Balaban J connectivity index is 1.78. The van der Waals surface area contributed by atoms with Crippen LogP contribution in [0.2, 0.25) is 0 Å². The summed E-state index contributed by atoms with van der Waals surface area (Å²) in [4.78, 5) is 27.1. The van der Waals surface area contributed by atoms with Crippen molar-refractivity contribution in [2.45, 2.75) is 39.8 Å². The maximum absolute atomic E-state index is 12.4. The second-order valence-electron chi connectivity index (χ2n) is 8.05. The number of esters is 1. The summed E-state index contributed by atoms with van der Waals surface area (Å²) in [5.74, 6) is -0.113. The molecule has 6 heteroatoms. The number of rotatable bonds is 8. The molecule has 0 aliphatic carbocycles. The molecule has 1 aromatic rings. The van der Waals surface area contributed by atoms with Crippen molar-refractivity contribution in [3.63, 3.8) is 0 Å². The minimum Gasteiger partial charge on any atom is -0.467 e. The van der Waals surface area contributed by atoms with Crippen molar-refractivity contribution in [1.82, 2.24) is 5.32 Å². The number of carbonyl (C=O) groups excluding carboxylic acids is 2. The summed E-state index contributed by atoms with van der Waals surface area (Å²) < 4.78 is 4.82. The molecule has 1 fully saturated rings. The topological polar surface area (TPSA) is 64.3 Å². The van der Waals surface area contributed by atoms with E-state index < -0.39 is 6.04 Å². The molecule has 0 aromatic heterocycles. The van der Waals surface area contributed by atoms with E-state index in [1.54, 1.807) is 4.90 Å². The predicted octanol–water partition coefficient (Wildman–Crippen LogP) is -1.02. The molecule has 1 aromatic carbocycles. The normalized spacial score (nSPS) is 20.9. The van der Waals surface area contributed by atoms with E-state index >= 15 is 0 Å². The Morgan fingerprint density at radius 2 is 1.74 bits per heavy atom. The van der Waals surface area contributed by atoms with Gasteiger partial charge in [0.25, 0.3) is 5.91 Å². The maximum atomic E-state index is 12.4. The molecular formula is C21H35N3O3+2. The maximum Gasteiger partial charge on any atom is 0.328 e. The van der Waals surface area contributed by atoms with E-state index in [9.17, 15) is 9.59 Å². The predicted molar refractivity (Wildman–Crippen MR) is 105 cm³/mol. The lowest BCUT2D eigenvalue weighted by Gasteiger charge is -2.30. The highest BCUT2D eigenvalue weighted by Gasteiger charge is 2.28. The molecule has 1 aliphatic heterocycles. The van der Waals surface area contributed by atoms with Crippen LogP contribution in [0.25, 0.3) is 0 Å². The van der Waals surface area contributed by atoms with Gasteiger partial charge in [0, 0.05) is 5.56 Å². The van der Waals surface area contributed by atoms with Gasteiger partial charge in [-0.25, -0.2) is 4.79 Å². The summed E-state index contributed by atoms with van der Waals surface area (Å²) in [7, 11) is 1.36. The fourth-order valence-corrected chi connectivity index (χ4v) is 3.69. The Hall–Kier alpha value is -1.92. The van der Waals surface area contributed by atoms with Crippen LogP contribution in [-0.4, -0.2) is 57.8 Å². The van der Waals surface area contributed by atoms with Gasteiger partial charge in [0.1, 0.15) is 38.8 Å². The Morgan fingerprint density at radius 1 is 1.11 bits per heavy atom. The van der Waals surface area contributed by atoms with Gasteiger partial charge in [-0.2, -0.15) is 0 Å². The lowest BCUT2D eigenvalue weighted by molar-refractivity contribution is -1.02. The Bertz CT molecular complexity index is 625. The molecule has 2 rings (SSSR count). The zero-order valence-electron chi connectivity index (χ0n) is 17.1. The van der Waals surface area contributed by atoms with Crippen molar-refractivity contribution in [1.29, 1.82) is 0 Å². The second kappa shape index (κ2) is 10.4. The molecule has 0 radical (unpaired) electrons. The number of piperazine rings is 1. The fourth-order valence-electron chi connectivity index (χ4n) is 3.69. The van der Waals surface area contributed by atoms with Crippen molar-refractivity contribution in [3.05, 3.63) is 35.4 Å². The van der Waals surface area contributed by atoms with E-state index in [4.69, 9.17) is 4.74 Å². The molecule has 150 valence electrons. The Labute approximate surface area is 162 Å². The van der Waals surface area contributed by atoms with Gasteiger partial charge in [-0.1, -0.05) is 38.1 Å². The van der Waals surface area contributed by atoms with Gasteiger partial charge in [-0.3, -0.25) is 4.79 Å². The van der Waals surface area contributed by atoms with Crippen LogP contribution in [0.3, 0.4) is 0 Å². The van der Waals surface area contributed by atoms with E-state index in [1.807, 2.05) is 13.8 Å². The minimum atomic E-state index is -0.546. The first kappa shape index (κ1) is 21.4. The van der Waals surface area contributed by atoms with Gasteiger partial charge in [0.05, 0.1) is 7.11 Å². The smallest absolute Gasteiger partial charge is 0.328 e. The Kier molecular flexibility index (Phi) is 8.25. The molecule has 0 spiro atoms. The van der Waals surface area contributed by atoms with Gasteiger partial charge in [-0.15, -0.1) is 0 Å². The zero-order valence-corrected chi connectivity index (χ0v) is 17.1. The molecule has 6 nitrogen and oxygen atoms in total. The Morgan fingerprint density at radius 3 is 2.33 bits per heavy atom. The molecule has 1 aliphatic rings. The fraction of sp³-hybridized carbons (Fsp3) is 0.619. The third-order valence-electron chi connectivity index (χ3n) is 5.30. The zero-order chi connectivity index (χ0) is 19.8. The highest BCUT2D eigenvalue weighted by molar-refractivity contribution is 5.84. The van der Waals surface area contributed by atoms with Crippen LogP contribution in [0.4, 0.5) is 0 Å². The first-order valence-electron chi connectivity index (χ1n) is 9.97. The summed E-state index contributed by atoms with van der Waals surface area (Å²) >= 11 is 0. The summed E-state index contributed by atoms with van der Waals surface area (Å²) in [5, 5.41) is 2.86. The molecule has 1 atom stereocenters. The molecule has 1 saturated heterocycles. The van der Waals surface area contributed by atoms with E-state index in [-0.39, 0.29) is 11.9 Å². The van der Waals surface area contributed by atoms with Crippen molar-refractivity contribution in [3.8, 4) is 0 Å². The SMILES string of the molecule is COC(=O)[C@@H](CC(C)C)NC(=O)C[NH+]1CC[NH+](Cc2ccccc2C)CC1. The van der Waals surface area contributed by atoms with Gasteiger partial charge in [0.15, 0.2) is 6.54 Å². The van der Waals surface area contributed by atoms with E-state index in [0.717, 1.165) is 32.7 Å². The number of aryl methyl sites for hydroxylation is 1. The number of carbonyl (C=O) groups is 2. The summed E-state index contributed by atoms with van der Waals surface area (Å²) in [6, 6.07) is 8.00. The minimum absolute atomic E-state index is 0.0663. The number of hydrogen-bond donors (Lipinski definition) is 3. The van der Waals surface area contributed by atoms with E-state index in [2.05, 4.69) is 36.5 Å². The van der Waals surface area contributed by atoms with Gasteiger partial charge in [0.2, 0.25) is 0 Å². The molecule has 0 unspecified atom stereocenters. The molecule has 0 bridgehead atoms. The third kappa shape index (κ3) is 6.96. The standard InChI is InChI=1S/C21H33N3O3/c1-16(2)13-19(21(26)27-4)22-20(25)15-24-11-9-23(10-12-24)14-18-8-6-5-7-17(18)3/h5-8,16,19H,9-15H2,1-4H3,(H,22,25)/p+2/t19-/m1/s1. The van der Waals surface area contributed by atoms with Crippen LogP contribution in [0.15, 0.2) is 24.3 Å². The van der Waals surface area contributed by atoms with E-state index in [0.29, 0.717) is 18.9 Å². The number of nitrogens with one attached hydrogen (secondary N) is 3. The number of hydrogen-bond acceptors (Lipinski definition) is 3. The van der Waals surface area contributed by atoms with Crippen LogP contribution in [0, 0.1) is 12.8 Å². The van der Waals surface area contributed by atoms with Crippen molar-refractivity contribution >= 4 is 11.9 Å². The van der Waals surface area contributed by atoms with Gasteiger partial charge < -0.3 is 19.9 Å². The largest absolute Gasteiger partial charge is 0.467 e. The number of amides is 1. The molecule has 1 amide bonds. The van der Waals surface area contributed by atoms with Crippen molar-refractivity contribution in [2.24, 2.45) is 5.92 Å². The van der Waals surface area contributed by atoms with Crippen LogP contribution in [0.5, 0.6) is 0 Å². The quantitative estimate of drug-likeness (QED) is 0.509. The van der Waals surface area contributed by atoms with Crippen molar-refractivity contribution < 1.29 is 24.1 Å². The van der Waals surface area contributed by atoms with Crippen LogP contribution < -0.4 is 15.1 Å². The van der Waals surface area contributed by atoms with Crippen molar-refractivity contribution in [2.75, 3.05) is 39.8 Å². The van der Waals surface area contributed by atoms with Gasteiger partial charge in [-0.05, 0) is 24.8 Å². The van der Waals surface area contributed by atoms with Crippen LogP contribution in [0.1, 0.15) is 31.4 Å². The lowest BCUT2D eigenvalue weighted by atomic mass is 10.0. The number of methoxy groups -OCH3 is 1. The van der Waals surface area contributed by atoms with Crippen LogP contribution >= 0.6 is 0 Å². The lowest BCUT2D eigenvalue weighted by Crippen LogP contribution is -3.28. The first-order chi connectivity index (χ1) is 12.9. The summed E-state index contributed by atoms with van der Waals surface area (Å²) in [5.41, 5.74) is 2.75. The summed E-state index contributed by atoms with van der Waals surface area (Å²) in [6.45, 7) is 11.8.